The molecule has 18 heavy (non-hydrogen) atoms. The van der Waals surface area contributed by atoms with E-state index in [1.165, 1.54) is 0 Å². The van der Waals surface area contributed by atoms with Crippen LogP contribution in [0.15, 0.2) is 30.0 Å². The Hall–Kier alpha value is -2.16. The third kappa shape index (κ3) is 1.44. The summed E-state index contributed by atoms with van der Waals surface area (Å²) in [5.41, 5.74) is 1.96. The molecule has 3 nitrogen and oxygen atoms in total. The molecule has 2 aromatic rings. The number of hydrogen-bond acceptors (Lipinski definition) is 3. The zero-order valence-electron chi connectivity index (χ0n) is 10.4. The molecule has 0 aliphatic heterocycles. The minimum absolute atomic E-state index is 0.223. The lowest BCUT2D eigenvalue weighted by atomic mass is 9.91. The highest BCUT2D eigenvalue weighted by Crippen LogP contribution is 2.41. The first-order valence-electron chi connectivity index (χ1n) is 5.80. The van der Waals surface area contributed by atoms with Gasteiger partial charge in [0.05, 0.1) is 14.2 Å². The summed E-state index contributed by atoms with van der Waals surface area (Å²) in [4.78, 5) is 0. The highest BCUT2D eigenvalue weighted by atomic mass is 16.5. The van der Waals surface area contributed by atoms with Gasteiger partial charge in [0.15, 0.2) is 0 Å². The van der Waals surface area contributed by atoms with Crippen LogP contribution in [0.5, 0.6) is 11.5 Å². The van der Waals surface area contributed by atoms with Gasteiger partial charge in [-0.05, 0) is 11.6 Å². The molecular weight excluding hydrogens is 228 g/mol. The lowest BCUT2D eigenvalue weighted by Gasteiger charge is -2.19. The maximum atomic E-state index is 10.1. The van der Waals surface area contributed by atoms with Gasteiger partial charge in [-0.15, -0.1) is 0 Å². The van der Waals surface area contributed by atoms with Gasteiger partial charge in [0.25, 0.3) is 0 Å². The van der Waals surface area contributed by atoms with Crippen LogP contribution in [-0.2, 0) is 11.2 Å². The first kappa shape index (κ1) is 11.0. The first-order valence-corrected chi connectivity index (χ1v) is 5.80. The average molecular weight is 242 g/mol. The summed E-state index contributed by atoms with van der Waals surface area (Å²) in [5, 5.41) is 12.2. The Morgan fingerprint density at radius 2 is 2.00 bits per heavy atom. The molecule has 0 aromatic heterocycles. The first-order chi connectivity index (χ1) is 8.74. The molecule has 2 aromatic carbocycles. The van der Waals surface area contributed by atoms with E-state index in [9.17, 15) is 5.11 Å². The number of phenols is 1. The third-order valence-corrected chi connectivity index (χ3v) is 3.38. The van der Waals surface area contributed by atoms with Crippen LogP contribution < -0.4 is 4.74 Å². The second kappa shape index (κ2) is 3.95. The second-order valence-electron chi connectivity index (χ2n) is 4.34. The lowest BCUT2D eigenvalue weighted by molar-refractivity contribution is 0.287. The molecule has 0 bridgehead atoms. The number of methoxy groups -OCH3 is 2. The molecule has 0 unspecified atom stereocenters. The summed E-state index contributed by atoms with van der Waals surface area (Å²) < 4.78 is 10.6. The van der Waals surface area contributed by atoms with Crippen molar-refractivity contribution in [3.63, 3.8) is 0 Å². The van der Waals surface area contributed by atoms with E-state index < -0.39 is 0 Å². The predicted molar refractivity (Wildman–Crippen MR) is 70.9 cm³/mol. The van der Waals surface area contributed by atoms with Crippen LogP contribution in [0.3, 0.4) is 0 Å². The highest BCUT2D eigenvalue weighted by Gasteiger charge is 2.19. The molecular formula is C15H14O3. The summed E-state index contributed by atoms with van der Waals surface area (Å²) >= 11 is 0. The van der Waals surface area contributed by atoms with E-state index in [4.69, 9.17) is 9.47 Å². The molecule has 0 radical (unpaired) electrons. The normalized spacial score (nSPS) is 13.3. The topological polar surface area (TPSA) is 38.7 Å². The molecule has 0 atom stereocenters. The fraction of sp³-hybridized carbons (Fsp3) is 0.200. The van der Waals surface area contributed by atoms with Crippen molar-refractivity contribution >= 4 is 16.8 Å². The number of phenolic OH excluding ortho intramolecular Hbond substituents is 1. The van der Waals surface area contributed by atoms with Crippen molar-refractivity contribution in [1.82, 2.24) is 0 Å². The number of aromatic hydroxyl groups is 1. The monoisotopic (exact) mass is 242 g/mol. The van der Waals surface area contributed by atoms with E-state index >= 15 is 0 Å². The zero-order chi connectivity index (χ0) is 12.7. The van der Waals surface area contributed by atoms with Gasteiger partial charge in [0.1, 0.15) is 17.3 Å². The molecule has 0 heterocycles. The number of allylic oxidation sites excluding steroid dienone is 1. The molecule has 0 saturated carbocycles. The van der Waals surface area contributed by atoms with Gasteiger partial charge in [-0.25, -0.2) is 0 Å². The summed E-state index contributed by atoms with van der Waals surface area (Å²) in [6, 6.07) is 7.71. The Balaban J connectivity index is 2.42. The van der Waals surface area contributed by atoms with Gasteiger partial charge < -0.3 is 14.6 Å². The molecule has 1 aliphatic rings. The fourth-order valence-electron chi connectivity index (χ4n) is 2.52. The maximum Gasteiger partial charge on any atom is 0.130 e. The SMILES string of the molecule is COC1=Cc2c(O)cc(OC)c3cccc(c23)C1. The summed E-state index contributed by atoms with van der Waals surface area (Å²) in [7, 11) is 3.26. The van der Waals surface area contributed by atoms with E-state index in [1.807, 2.05) is 18.2 Å². The van der Waals surface area contributed by atoms with Crippen LogP contribution in [0.25, 0.3) is 16.8 Å². The smallest absolute Gasteiger partial charge is 0.130 e. The Kier molecular flexibility index (Phi) is 2.40. The van der Waals surface area contributed by atoms with Crippen molar-refractivity contribution in [3.8, 4) is 11.5 Å². The molecule has 0 saturated heterocycles. The van der Waals surface area contributed by atoms with E-state index in [-0.39, 0.29) is 5.75 Å². The zero-order valence-corrected chi connectivity index (χ0v) is 10.4. The fourth-order valence-corrected chi connectivity index (χ4v) is 2.52. The van der Waals surface area contributed by atoms with Crippen LogP contribution in [0.1, 0.15) is 11.1 Å². The average Bonchev–Trinajstić information content (AvgIpc) is 2.42. The van der Waals surface area contributed by atoms with Crippen molar-refractivity contribution in [3.05, 3.63) is 41.2 Å². The third-order valence-electron chi connectivity index (χ3n) is 3.38. The van der Waals surface area contributed by atoms with Crippen LogP contribution >= 0.6 is 0 Å². The number of benzene rings is 2. The largest absolute Gasteiger partial charge is 0.507 e. The number of ether oxygens (including phenoxy) is 2. The highest BCUT2D eigenvalue weighted by molar-refractivity contribution is 6.01. The van der Waals surface area contributed by atoms with Crippen molar-refractivity contribution < 1.29 is 14.6 Å². The molecule has 0 amide bonds. The van der Waals surface area contributed by atoms with E-state index in [2.05, 4.69) is 6.07 Å². The minimum Gasteiger partial charge on any atom is -0.507 e. The van der Waals surface area contributed by atoms with Crippen LogP contribution in [0.4, 0.5) is 0 Å². The summed E-state index contributed by atoms with van der Waals surface area (Å²) in [5.74, 6) is 1.78. The van der Waals surface area contributed by atoms with Crippen molar-refractivity contribution in [2.24, 2.45) is 0 Å². The van der Waals surface area contributed by atoms with Crippen LogP contribution in [0.2, 0.25) is 0 Å². The summed E-state index contributed by atoms with van der Waals surface area (Å²) in [6.07, 6.45) is 2.64. The maximum absolute atomic E-state index is 10.1. The van der Waals surface area contributed by atoms with Gasteiger partial charge in [0, 0.05) is 28.8 Å². The second-order valence-corrected chi connectivity index (χ2v) is 4.34. The Morgan fingerprint density at radius 1 is 1.17 bits per heavy atom. The molecule has 1 N–H and O–H groups in total. The van der Waals surface area contributed by atoms with E-state index in [0.29, 0.717) is 5.75 Å². The molecule has 3 heteroatoms. The predicted octanol–water partition coefficient (Wildman–Crippen LogP) is 3.10. The lowest BCUT2D eigenvalue weighted by Crippen LogP contribution is -2.02. The minimum atomic E-state index is 0.223. The Labute approximate surface area is 105 Å². The van der Waals surface area contributed by atoms with Crippen molar-refractivity contribution in [1.29, 1.82) is 0 Å². The van der Waals surface area contributed by atoms with Crippen LogP contribution in [0, 0.1) is 0 Å². The van der Waals surface area contributed by atoms with Gasteiger partial charge in [-0.2, -0.15) is 0 Å². The van der Waals surface area contributed by atoms with E-state index in [1.54, 1.807) is 20.3 Å². The molecule has 3 rings (SSSR count). The molecule has 0 fully saturated rings. The van der Waals surface area contributed by atoms with Crippen LogP contribution in [-0.4, -0.2) is 19.3 Å². The molecule has 0 spiro atoms. The van der Waals surface area contributed by atoms with Gasteiger partial charge in [-0.3, -0.25) is 0 Å². The quantitative estimate of drug-likeness (QED) is 0.879. The Morgan fingerprint density at radius 3 is 2.72 bits per heavy atom. The molecule has 92 valence electrons. The standard InChI is InChI=1S/C15H14O3/c1-17-10-6-9-4-3-5-11-14(18-2)8-13(16)12(7-10)15(9)11/h3-5,7-8,16H,6H2,1-2H3. The van der Waals surface area contributed by atoms with Crippen molar-refractivity contribution in [2.45, 2.75) is 6.42 Å². The van der Waals surface area contributed by atoms with Gasteiger partial charge in [0.2, 0.25) is 0 Å². The Bertz CT molecular complexity index is 656. The molecule has 1 aliphatic carbocycles. The summed E-state index contributed by atoms with van der Waals surface area (Å²) in [6.45, 7) is 0. The van der Waals surface area contributed by atoms with Gasteiger partial charge >= 0.3 is 0 Å². The van der Waals surface area contributed by atoms with E-state index in [0.717, 1.165) is 34.1 Å². The van der Waals surface area contributed by atoms with Gasteiger partial charge in [-0.1, -0.05) is 18.2 Å². The number of rotatable bonds is 2. The number of hydrogen-bond donors (Lipinski definition) is 1. The van der Waals surface area contributed by atoms with Crippen molar-refractivity contribution in [2.75, 3.05) is 14.2 Å².